The van der Waals surface area contributed by atoms with Gasteiger partial charge < -0.3 is 15.4 Å². The van der Waals surface area contributed by atoms with Gasteiger partial charge in [-0.2, -0.15) is 0 Å². The largest absolute Gasteiger partial charge is 0.493 e. The highest BCUT2D eigenvalue weighted by Crippen LogP contribution is 2.25. The van der Waals surface area contributed by atoms with E-state index in [1.54, 1.807) is 0 Å². The van der Waals surface area contributed by atoms with Crippen LogP contribution in [0.2, 0.25) is 0 Å². The van der Waals surface area contributed by atoms with E-state index in [1.165, 1.54) is 4.90 Å². The highest BCUT2D eigenvalue weighted by molar-refractivity contribution is 6.05. The molecule has 2 aliphatic heterocycles. The molecule has 0 bridgehead atoms. The number of hydrogen-bond acceptors (Lipinski definition) is 4. The average molecular weight is 345 g/mol. The standard InChI is InChI=1S/C18H23N3O4/c1-2-7-21-17(23)14(20-18(21)24)10-16(22)19-11-12-5-6-15-13(9-12)4-3-8-25-15/h5-6,9,14H,2-4,7-8,10-11H2,1H3,(H,19,22)(H,20,24)/t14-/m0/s1. The lowest BCUT2D eigenvalue weighted by atomic mass is 10.0. The van der Waals surface area contributed by atoms with Crippen molar-refractivity contribution in [2.75, 3.05) is 13.2 Å². The van der Waals surface area contributed by atoms with Crippen LogP contribution in [0.3, 0.4) is 0 Å². The number of rotatable bonds is 6. The number of nitrogens with zero attached hydrogens (tertiary/aromatic N) is 1. The monoisotopic (exact) mass is 345 g/mol. The second kappa shape index (κ2) is 7.55. The maximum atomic E-state index is 12.1. The molecule has 2 N–H and O–H groups in total. The summed E-state index contributed by atoms with van der Waals surface area (Å²) in [6, 6.07) is 4.71. The van der Waals surface area contributed by atoms with Crippen LogP contribution < -0.4 is 15.4 Å². The zero-order chi connectivity index (χ0) is 17.8. The van der Waals surface area contributed by atoms with E-state index < -0.39 is 12.1 Å². The summed E-state index contributed by atoms with van der Waals surface area (Å²) >= 11 is 0. The molecule has 1 atom stereocenters. The summed E-state index contributed by atoms with van der Waals surface area (Å²) in [5, 5.41) is 5.38. The third kappa shape index (κ3) is 3.92. The zero-order valence-electron chi connectivity index (χ0n) is 14.3. The molecule has 2 heterocycles. The molecule has 1 saturated heterocycles. The molecular formula is C18H23N3O4. The first-order valence-corrected chi connectivity index (χ1v) is 8.71. The van der Waals surface area contributed by atoms with Gasteiger partial charge in [-0.25, -0.2) is 4.79 Å². The molecule has 0 unspecified atom stereocenters. The smallest absolute Gasteiger partial charge is 0.324 e. The molecule has 1 aromatic rings. The van der Waals surface area contributed by atoms with Gasteiger partial charge >= 0.3 is 6.03 Å². The summed E-state index contributed by atoms with van der Waals surface area (Å²) in [6.45, 7) is 3.41. The van der Waals surface area contributed by atoms with Crippen molar-refractivity contribution in [3.63, 3.8) is 0 Å². The van der Waals surface area contributed by atoms with Crippen LogP contribution in [0.4, 0.5) is 4.79 Å². The first kappa shape index (κ1) is 17.3. The van der Waals surface area contributed by atoms with E-state index in [0.717, 1.165) is 36.3 Å². The predicted octanol–water partition coefficient (Wildman–Crippen LogP) is 1.35. The summed E-state index contributed by atoms with van der Waals surface area (Å²) in [5.74, 6) is 0.329. The van der Waals surface area contributed by atoms with Crippen molar-refractivity contribution >= 4 is 17.8 Å². The second-order valence-corrected chi connectivity index (χ2v) is 6.37. The molecule has 134 valence electrons. The molecule has 3 rings (SSSR count). The molecule has 0 saturated carbocycles. The number of aryl methyl sites for hydroxylation is 1. The summed E-state index contributed by atoms with van der Waals surface area (Å²) in [7, 11) is 0. The van der Waals surface area contributed by atoms with Gasteiger partial charge in [0.25, 0.3) is 5.91 Å². The maximum absolute atomic E-state index is 12.1. The average Bonchev–Trinajstić information content (AvgIpc) is 2.87. The Morgan fingerprint density at radius 1 is 1.40 bits per heavy atom. The van der Waals surface area contributed by atoms with Crippen LogP contribution in [0.1, 0.15) is 37.3 Å². The van der Waals surface area contributed by atoms with E-state index in [0.29, 0.717) is 19.5 Å². The van der Waals surface area contributed by atoms with Gasteiger partial charge in [0, 0.05) is 13.1 Å². The van der Waals surface area contributed by atoms with Gasteiger partial charge in [-0.1, -0.05) is 19.1 Å². The molecule has 7 heteroatoms. The Morgan fingerprint density at radius 3 is 3.04 bits per heavy atom. The Morgan fingerprint density at radius 2 is 2.24 bits per heavy atom. The number of amides is 4. The molecule has 4 amide bonds. The van der Waals surface area contributed by atoms with Crippen molar-refractivity contribution < 1.29 is 19.1 Å². The van der Waals surface area contributed by atoms with E-state index in [-0.39, 0.29) is 18.2 Å². The van der Waals surface area contributed by atoms with Gasteiger partial charge in [0.05, 0.1) is 13.0 Å². The number of carbonyl (C=O) groups is 3. The molecular weight excluding hydrogens is 322 g/mol. The Balaban J connectivity index is 1.52. The van der Waals surface area contributed by atoms with Crippen molar-refractivity contribution in [2.45, 2.75) is 45.2 Å². The molecule has 0 aliphatic carbocycles. The lowest BCUT2D eigenvalue weighted by Gasteiger charge is -2.18. The van der Waals surface area contributed by atoms with Crippen LogP contribution in [0.5, 0.6) is 5.75 Å². The molecule has 0 aromatic heterocycles. The third-order valence-corrected chi connectivity index (χ3v) is 4.41. The van der Waals surface area contributed by atoms with Crippen molar-refractivity contribution in [3.8, 4) is 5.75 Å². The van der Waals surface area contributed by atoms with E-state index in [1.807, 2.05) is 25.1 Å². The summed E-state index contributed by atoms with van der Waals surface area (Å²) in [6.07, 6.45) is 2.63. The molecule has 25 heavy (non-hydrogen) atoms. The lowest BCUT2D eigenvalue weighted by molar-refractivity contribution is -0.130. The fraction of sp³-hybridized carbons (Fsp3) is 0.500. The van der Waals surface area contributed by atoms with Gasteiger partial charge in [0.1, 0.15) is 11.8 Å². The molecule has 7 nitrogen and oxygen atoms in total. The highest BCUT2D eigenvalue weighted by Gasteiger charge is 2.38. The first-order valence-electron chi connectivity index (χ1n) is 8.71. The second-order valence-electron chi connectivity index (χ2n) is 6.37. The number of hydrogen-bond donors (Lipinski definition) is 2. The number of fused-ring (bicyclic) bond motifs is 1. The van der Waals surface area contributed by atoms with Crippen LogP contribution in [-0.4, -0.2) is 41.9 Å². The van der Waals surface area contributed by atoms with Gasteiger partial charge in [-0.05, 0) is 36.5 Å². The minimum atomic E-state index is -0.768. The lowest BCUT2D eigenvalue weighted by Crippen LogP contribution is -2.36. The number of carbonyl (C=O) groups excluding carboxylic acids is 3. The number of nitrogens with one attached hydrogen (secondary N) is 2. The zero-order valence-corrected chi connectivity index (χ0v) is 14.3. The van der Waals surface area contributed by atoms with Gasteiger partial charge in [-0.15, -0.1) is 0 Å². The summed E-state index contributed by atoms with van der Waals surface area (Å²) in [5.41, 5.74) is 2.15. The number of ether oxygens (including phenoxy) is 1. The predicted molar refractivity (Wildman–Crippen MR) is 91.0 cm³/mol. The number of benzene rings is 1. The maximum Gasteiger partial charge on any atom is 0.324 e. The van der Waals surface area contributed by atoms with Crippen LogP contribution in [0.25, 0.3) is 0 Å². The minimum absolute atomic E-state index is 0.0428. The molecule has 1 fully saturated rings. The molecule has 0 spiro atoms. The van der Waals surface area contributed by atoms with Gasteiger partial charge in [-0.3, -0.25) is 14.5 Å². The van der Waals surface area contributed by atoms with E-state index in [4.69, 9.17) is 4.74 Å². The number of urea groups is 1. The van der Waals surface area contributed by atoms with Crippen LogP contribution in [-0.2, 0) is 22.6 Å². The molecule has 2 aliphatic rings. The first-order chi connectivity index (χ1) is 12.1. The fourth-order valence-corrected chi connectivity index (χ4v) is 3.13. The SMILES string of the molecule is CCCN1C(=O)N[C@@H](CC(=O)NCc2ccc3c(c2)CCCO3)C1=O. The van der Waals surface area contributed by atoms with Gasteiger partial charge in [0.2, 0.25) is 5.91 Å². The Labute approximate surface area is 146 Å². The van der Waals surface area contributed by atoms with E-state index in [2.05, 4.69) is 10.6 Å². The Bertz CT molecular complexity index is 689. The minimum Gasteiger partial charge on any atom is -0.493 e. The highest BCUT2D eigenvalue weighted by atomic mass is 16.5. The van der Waals surface area contributed by atoms with Crippen molar-refractivity contribution in [2.24, 2.45) is 0 Å². The van der Waals surface area contributed by atoms with Crippen molar-refractivity contribution in [1.82, 2.24) is 15.5 Å². The Kier molecular flexibility index (Phi) is 5.21. The quantitative estimate of drug-likeness (QED) is 0.762. The molecule has 0 radical (unpaired) electrons. The third-order valence-electron chi connectivity index (χ3n) is 4.41. The fourth-order valence-electron chi connectivity index (χ4n) is 3.13. The van der Waals surface area contributed by atoms with E-state index >= 15 is 0 Å². The van der Waals surface area contributed by atoms with Gasteiger partial charge in [0.15, 0.2) is 0 Å². The Hall–Kier alpha value is -2.57. The van der Waals surface area contributed by atoms with Crippen LogP contribution >= 0.6 is 0 Å². The summed E-state index contributed by atoms with van der Waals surface area (Å²) < 4.78 is 5.57. The van der Waals surface area contributed by atoms with Crippen molar-refractivity contribution in [3.05, 3.63) is 29.3 Å². The van der Waals surface area contributed by atoms with Crippen molar-refractivity contribution in [1.29, 1.82) is 0 Å². The molecule has 1 aromatic carbocycles. The topological polar surface area (TPSA) is 87.7 Å². The summed E-state index contributed by atoms with van der Waals surface area (Å²) in [4.78, 5) is 37.1. The van der Waals surface area contributed by atoms with Crippen LogP contribution in [0.15, 0.2) is 18.2 Å². The number of imide groups is 1. The normalized spacial score (nSPS) is 19.2. The van der Waals surface area contributed by atoms with Crippen LogP contribution in [0, 0.1) is 0 Å². The van der Waals surface area contributed by atoms with E-state index in [9.17, 15) is 14.4 Å².